The average Bonchev–Trinajstić information content (AvgIpc) is 3.45. The summed E-state index contributed by atoms with van der Waals surface area (Å²) in [4.78, 5) is 27.6. The molecule has 1 atom stereocenters. The Bertz CT molecular complexity index is 1100. The van der Waals surface area contributed by atoms with Crippen LogP contribution in [0.5, 0.6) is 0 Å². The first kappa shape index (κ1) is 24.2. The van der Waals surface area contributed by atoms with E-state index in [1.807, 2.05) is 0 Å². The number of nitrogens with one attached hydrogen (secondary N) is 2. The lowest BCUT2D eigenvalue weighted by atomic mass is 10.1. The Labute approximate surface area is 190 Å². The third kappa shape index (κ3) is 6.78. The monoisotopic (exact) mass is 482 g/mol. The van der Waals surface area contributed by atoms with Gasteiger partial charge in [-0.1, -0.05) is 16.6 Å². The van der Waals surface area contributed by atoms with E-state index in [9.17, 15) is 22.8 Å². The van der Waals surface area contributed by atoms with Crippen LogP contribution in [0.25, 0.3) is 0 Å². The molecule has 0 radical (unpaired) electrons. The van der Waals surface area contributed by atoms with E-state index in [-0.39, 0.29) is 42.2 Å². The van der Waals surface area contributed by atoms with E-state index in [0.717, 1.165) is 24.5 Å². The molecule has 0 aliphatic carbocycles. The molecule has 0 aliphatic heterocycles. The van der Waals surface area contributed by atoms with Crippen molar-refractivity contribution in [2.75, 3.05) is 7.05 Å². The van der Waals surface area contributed by atoms with Crippen molar-refractivity contribution in [2.24, 2.45) is 0 Å². The SMILES string of the molecule is CNC(=O)c1cn(CC(F)CCc2nnc(C(=O)NCc3ccc(C(C)(F)F)cn3)s2)nn1. The molecule has 0 spiro atoms. The minimum atomic E-state index is -2.99. The molecule has 2 N–H and O–H groups in total. The number of hydrogen-bond donors (Lipinski definition) is 2. The summed E-state index contributed by atoms with van der Waals surface area (Å²) in [6.45, 7) is 0.735. The Morgan fingerprint density at radius 1 is 1.21 bits per heavy atom. The first-order valence-corrected chi connectivity index (χ1v) is 10.7. The fraction of sp³-hybridized carbons (Fsp3) is 0.421. The van der Waals surface area contributed by atoms with Crippen molar-refractivity contribution < 1.29 is 22.8 Å². The van der Waals surface area contributed by atoms with Crippen molar-refractivity contribution in [3.8, 4) is 0 Å². The summed E-state index contributed by atoms with van der Waals surface area (Å²) in [5, 5.41) is 20.7. The van der Waals surface area contributed by atoms with E-state index in [0.29, 0.717) is 10.7 Å². The second-order valence-electron chi connectivity index (χ2n) is 7.15. The van der Waals surface area contributed by atoms with E-state index in [1.165, 1.54) is 30.1 Å². The predicted octanol–water partition coefficient (Wildman–Crippen LogP) is 1.90. The Hall–Kier alpha value is -3.42. The van der Waals surface area contributed by atoms with Crippen molar-refractivity contribution in [3.63, 3.8) is 0 Å². The van der Waals surface area contributed by atoms with Crippen LogP contribution in [0.1, 0.15) is 49.9 Å². The number of halogens is 3. The molecule has 10 nitrogen and oxygen atoms in total. The molecule has 3 heterocycles. The summed E-state index contributed by atoms with van der Waals surface area (Å²) in [5.74, 6) is -3.89. The highest BCUT2D eigenvalue weighted by Crippen LogP contribution is 2.25. The highest BCUT2D eigenvalue weighted by molar-refractivity contribution is 7.13. The van der Waals surface area contributed by atoms with E-state index in [2.05, 4.69) is 36.1 Å². The Balaban J connectivity index is 1.45. The van der Waals surface area contributed by atoms with Crippen LogP contribution in [0, 0.1) is 0 Å². The molecule has 0 aromatic carbocycles. The van der Waals surface area contributed by atoms with Gasteiger partial charge < -0.3 is 10.6 Å². The maximum absolute atomic E-state index is 14.3. The lowest BCUT2D eigenvalue weighted by molar-refractivity contribution is 0.0170. The van der Waals surface area contributed by atoms with Crippen molar-refractivity contribution in [2.45, 2.75) is 44.9 Å². The second kappa shape index (κ2) is 10.5. The smallest absolute Gasteiger partial charge is 0.282 e. The topological polar surface area (TPSA) is 128 Å². The molecule has 0 fully saturated rings. The molecule has 0 saturated carbocycles. The predicted molar refractivity (Wildman–Crippen MR) is 112 cm³/mol. The maximum Gasteiger partial charge on any atom is 0.282 e. The van der Waals surface area contributed by atoms with Crippen molar-refractivity contribution in [3.05, 3.63) is 51.5 Å². The lowest BCUT2D eigenvalue weighted by Crippen LogP contribution is -2.23. The summed E-state index contributed by atoms with van der Waals surface area (Å²) in [6, 6.07) is 2.66. The number of carbonyl (C=O) groups excluding carboxylic acids is 2. The number of aryl methyl sites for hydroxylation is 1. The fourth-order valence-corrected chi connectivity index (χ4v) is 3.45. The van der Waals surface area contributed by atoms with Crippen molar-refractivity contribution in [1.29, 1.82) is 0 Å². The van der Waals surface area contributed by atoms with E-state index in [1.54, 1.807) is 0 Å². The Morgan fingerprint density at radius 2 is 2.00 bits per heavy atom. The second-order valence-corrected chi connectivity index (χ2v) is 8.21. The third-order valence-corrected chi connectivity index (χ3v) is 5.46. The summed E-state index contributed by atoms with van der Waals surface area (Å²) >= 11 is 1.03. The van der Waals surface area contributed by atoms with Crippen LogP contribution in [0.3, 0.4) is 0 Å². The molecule has 0 aliphatic rings. The van der Waals surface area contributed by atoms with Crippen LogP contribution in [-0.2, 0) is 25.4 Å². The molecular weight excluding hydrogens is 461 g/mol. The van der Waals surface area contributed by atoms with E-state index < -0.39 is 23.9 Å². The van der Waals surface area contributed by atoms with Crippen LogP contribution in [0.4, 0.5) is 13.2 Å². The molecular formula is C19H21F3N8O2S. The highest BCUT2D eigenvalue weighted by Gasteiger charge is 2.24. The number of nitrogens with zero attached hydrogens (tertiary/aromatic N) is 6. The first-order valence-electron chi connectivity index (χ1n) is 9.85. The minimum absolute atomic E-state index is 0.0335. The number of alkyl halides is 3. The lowest BCUT2D eigenvalue weighted by Gasteiger charge is -2.10. The number of carbonyl (C=O) groups is 2. The highest BCUT2D eigenvalue weighted by atomic mass is 32.1. The molecule has 14 heteroatoms. The van der Waals surface area contributed by atoms with Gasteiger partial charge in [0.2, 0.25) is 5.01 Å². The van der Waals surface area contributed by atoms with Gasteiger partial charge in [-0.05, 0) is 18.6 Å². The van der Waals surface area contributed by atoms with Gasteiger partial charge in [0.05, 0.1) is 25.0 Å². The van der Waals surface area contributed by atoms with E-state index in [4.69, 9.17) is 0 Å². The van der Waals surface area contributed by atoms with Gasteiger partial charge in [0.1, 0.15) is 11.2 Å². The summed E-state index contributed by atoms with van der Waals surface area (Å²) in [7, 11) is 1.46. The number of aromatic nitrogens is 6. The first-order chi connectivity index (χ1) is 15.7. The van der Waals surface area contributed by atoms with E-state index >= 15 is 0 Å². The quantitative estimate of drug-likeness (QED) is 0.452. The molecule has 3 aromatic heterocycles. The molecule has 33 heavy (non-hydrogen) atoms. The van der Waals surface area contributed by atoms with Crippen molar-refractivity contribution in [1.82, 2.24) is 40.8 Å². The summed E-state index contributed by atoms with van der Waals surface area (Å²) in [5.41, 5.74) is 0.293. The Kier molecular flexibility index (Phi) is 7.68. The number of pyridine rings is 1. The van der Waals surface area contributed by atoms with Crippen LogP contribution in [0.15, 0.2) is 24.5 Å². The van der Waals surface area contributed by atoms with Crippen LogP contribution < -0.4 is 10.6 Å². The largest absolute Gasteiger partial charge is 0.354 e. The van der Waals surface area contributed by atoms with Crippen LogP contribution in [0.2, 0.25) is 0 Å². The van der Waals surface area contributed by atoms with Gasteiger partial charge in [-0.15, -0.1) is 15.3 Å². The minimum Gasteiger partial charge on any atom is -0.354 e. The van der Waals surface area contributed by atoms with Gasteiger partial charge >= 0.3 is 0 Å². The zero-order chi connectivity index (χ0) is 24.0. The molecule has 3 aromatic rings. The van der Waals surface area contributed by atoms with Gasteiger partial charge in [-0.2, -0.15) is 0 Å². The fourth-order valence-electron chi connectivity index (χ4n) is 2.68. The number of rotatable bonds is 10. The van der Waals surface area contributed by atoms with Gasteiger partial charge in [-0.3, -0.25) is 14.6 Å². The van der Waals surface area contributed by atoms with Crippen molar-refractivity contribution >= 4 is 23.2 Å². The third-order valence-electron chi connectivity index (χ3n) is 4.48. The summed E-state index contributed by atoms with van der Waals surface area (Å²) in [6.07, 6.45) is 1.53. The van der Waals surface area contributed by atoms with Gasteiger partial charge in [-0.25, -0.2) is 17.9 Å². The molecule has 2 amide bonds. The zero-order valence-electron chi connectivity index (χ0n) is 17.8. The summed E-state index contributed by atoms with van der Waals surface area (Å²) < 4.78 is 42.0. The van der Waals surface area contributed by atoms with Gasteiger partial charge in [0, 0.05) is 32.2 Å². The Morgan fingerprint density at radius 3 is 2.67 bits per heavy atom. The molecule has 0 bridgehead atoms. The molecule has 1 unspecified atom stereocenters. The molecule has 176 valence electrons. The normalized spacial score (nSPS) is 12.4. The van der Waals surface area contributed by atoms with Gasteiger partial charge in [0.25, 0.3) is 17.7 Å². The van der Waals surface area contributed by atoms with Crippen LogP contribution in [-0.4, -0.2) is 55.2 Å². The molecule has 0 saturated heterocycles. The van der Waals surface area contributed by atoms with Crippen LogP contribution >= 0.6 is 11.3 Å². The zero-order valence-corrected chi connectivity index (χ0v) is 18.6. The van der Waals surface area contributed by atoms with Gasteiger partial charge in [0.15, 0.2) is 5.69 Å². The number of amides is 2. The number of hydrogen-bond acceptors (Lipinski definition) is 8. The average molecular weight is 482 g/mol. The maximum atomic E-state index is 14.3. The standard InChI is InChI=1S/C19H21F3N8O2S/c1-19(21,22)11-3-5-13(24-7-11)8-25-17(32)18-28-27-15(33-18)6-4-12(20)9-30-10-14(26-29-30)16(31)23-2/h3,5,7,10,12H,4,6,8-9H2,1-2H3,(H,23,31)(H,25,32). The molecule has 3 rings (SSSR count).